The van der Waals surface area contributed by atoms with E-state index in [1.165, 1.54) is 11.1 Å². The summed E-state index contributed by atoms with van der Waals surface area (Å²) in [5.74, 6) is 0.923. The van der Waals surface area contributed by atoms with Gasteiger partial charge in [0.2, 0.25) is 0 Å². The zero-order valence-electron chi connectivity index (χ0n) is 10.8. The Hall–Kier alpha value is -1.06. The van der Waals surface area contributed by atoms with Gasteiger partial charge < -0.3 is 14.6 Å². The van der Waals surface area contributed by atoms with Gasteiger partial charge in [0.25, 0.3) is 0 Å². The summed E-state index contributed by atoms with van der Waals surface area (Å²) < 4.78 is 11.5. The summed E-state index contributed by atoms with van der Waals surface area (Å²) in [5.41, 5.74) is 2.53. The topological polar surface area (TPSA) is 38.7 Å². The molecule has 0 aliphatic carbocycles. The molecule has 2 bridgehead atoms. The molecule has 1 saturated heterocycles. The van der Waals surface area contributed by atoms with Crippen molar-refractivity contribution in [1.82, 2.24) is 0 Å². The summed E-state index contributed by atoms with van der Waals surface area (Å²) in [6.07, 6.45) is 5.27. The summed E-state index contributed by atoms with van der Waals surface area (Å²) >= 11 is 0. The summed E-state index contributed by atoms with van der Waals surface area (Å²) in [7, 11) is 1.71. The molecular weight excluding hydrogens is 228 g/mol. The molecule has 0 saturated carbocycles. The highest BCUT2D eigenvalue weighted by molar-refractivity contribution is 5.42. The van der Waals surface area contributed by atoms with E-state index in [1.807, 2.05) is 6.07 Å². The minimum atomic E-state index is -0.146. The molecule has 2 aliphatic rings. The van der Waals surface area contributed by atoms with Crippen molar-refractivity contribution in [3.05, 3.63) is 29.3 Å². The number of methoxy groups -OCH3 is 1. The van der Waals surface area contributed by atoms with Gasteiger partial charge in [0.15, 0.2) is 0 Å². The van der Waals surface area contributed by atoms with Gasteiger partial charge in [-0.25, -0.2) is 0 Å². The average Bonchev–Trinajstić information content (AvgIpc) is 2.75. The average molecular weight is 248 g/mol. The first kappa shape index (κ1) is 12.0. The number of rotatable bonds is 4. The van der Waals surface area contributed by atoms with Crippen LogP contribution < -0.4 is 4.74 Å². The van der Waals surface area contributed by atoms with Crippen molar-refractivity contribution in [1.29, 1.82) is 0 Å². The van der Waals surface area contributed by atoms with Crippen LogP contribution in [0.15, 0.2) is 18.2 Å². The molecule has 0 aromatic heterocycles. The molecule has 3 rings (SSSR count). The lowest BCUT2D eigenvalue weighted by Crippen LogP contribution is -2.33. The number of benzene rings is 1. The van der Waals surface area contributed by atoms with Crippen molar-refractivity contribution in [2.24, 2.45) is 0 Å². The number of aliphatic hydroxyl groups excluding tert-OH is 1. The van der Waals surface area contributed by atoms with Gasteiger partial charge in [0.1, 0.15) is 5.75 Å². The number of fused-ring (bicyclic) bond motifs is 4. The highest BCUT2D eigenvalue weighted by atomic mass is 16.5. The van der Waals surface area contributed by atoms with E-state index in [1.54, 1.807) is 7.11 Å². The Labute approximate surface area is 108 Å². The number of aliphatic hydroxyl groups is 1. The third kappa shape index (κ3) is 1.82. The van der Waals surface area contributed by atoms with Crippen LogP contribution in [0.2, 0.25) is 0 Å². The molecule has 1 N–H and O–H groups in total. The highest BCUT2D eigenvalue weighted by Gasteiger charge is 2.46. The van der Waals surface area contributed by atoms with Crippen molar-refractivity contribution in [2.75, 3.05) is 13.7 Å². The Bertz CT molecular complexity index is 443. The van der Waals surface area contributed by atoms with Crippen molar-refractivity contribution in [3.63, 3.8) is 0 Å². The molecule has 1 aromatic rings. The van der Waals surface area contributed by atoms with E-state index in [-0.39, 0.29) is 12.2 Å². The highest BCUT2D eigenvalue weighted by Crippen LogP contribution is 2.49. The van der Waals surface area contributed by atoms with E-state index in [0.29, 0.717) is 6.10 Å². The smallest absolute Gasteiger partial charge is 0.119 e. The van der Waals surface area contributed by atoms with Gasteiger partial charge in [0, 0.05) is 6.61 Å². The van der Waals surface area contributed by atoms with Gasteiger partial charge >= 0.3 is 0 Å². The molecule has 2 aliphatic heterocycles. The van der Waals surface area contributed by atoms with Gasteiger partial charge in [-0.3, -0.25) is 0 Å². The fraction of sp³-hybridized carbons (Fsp3) is 0.600. The number of hydrogen-bond donors (Lipinski definition) is 1. The maximum atomic E-state index is 9.08. The second-order valence-electron chi connectivity index (χ2n) is 5.33. The molecule has 3 nitrogen and oxygen atoms in total. The Morgan fingerprint density at radius 3 is 3.17 bits per heavy atom. The van der Waals surface area contributed by atoms with Gasteiger partial charge in [-0.05, 0) is 55.4 Å². The predicted molar refractivity (Wildman–Crippen MR) is 68.8 cm³/mol. The molecule has 1 aromatic carbocycles. The fourth-order valence-electron chi connectivity index (χ4n) is 3.41. The normalized spacial score (nSPS) is 29.1. The Balaban J connectivity index is 1.98. The lowest BCUT2D eigenvalue weighted by molar-refractivity contribution is -0.0653. The van der Waals surface area contributed by atoms with E-state index in [0.717, 1.165) is 37.9 Å². The fourth-order valence-corrected chi connectivity index (χ4v) is 3.41. The van der Waals surface area contributed by atoms with Crippen LogP contribution in [-0.2, 0) is 16.8 Å². The minimum absolute atomic E-state index is 0.146. The van der Waals surface area contributed by atoms with Crippen LogP contribution in [0.25, 0.3) is 0 Å². The molecule has 98 valence electrons. The van der Waals surface area contributed by atoms with Crippen LogP contribution in [0.3, 0.4) is 0 Å². The standard InChI is InChI=1S/C15H20O3/c1-17-12-3-4-14-11(9-12)10-13-5-7-15(14,18-13)6-2-8-16/h3-4,9,13,16H,2,5-8,10H2,1H3/t13-,15+/m1/s1. The van der Waals surface area contributed by atoms with E-state index in [9.17, 15) is 0 Å². The minimum Gasteiger partial charge on any atom is -0.497 e. The molecule has 0 radical (unpaired) electrons. The first-order chi connectivity index (χ1) is 8.77. The largest absolute Gasteiger partial charge is 0.497 e. The van der Waals surface area contributed by atoms with Crippen molar-refractivity contribution < 1.29 is 14.6 Å². The molecule has 0 unspecified atom stereocenters. The van der Waals surface area contributed by atoms with E-state index >= 15 is 0 Å². The van der Waals surface area contributed by atoms with Crippen LogP contribution in [-0.4, -0.2) is 24.9 Å². The van der Waals surface area contributed by atoms with Crippen LogP contribution >= 0.6 is 0 Å². The first-order valence-corrected chi connectivity index (χ1v) is 6.73. The van der Waals surface area contributed by atoms with Gasteiger partial charge in [0.05, 0.1) is 18.8 Å². The number of ether oxygens (including phenoxy) is 2. The molecular formula is C15H20O3. The Morgan fingerprint density at radius 1 is 1.50 bits per heavy atom. The summed E-state index contributed by atoms with van der Waals surface area (Å²) in [6.45, 7) is 0.237. The van der Waals surface area contributed by atoms with Crippen LogP contribution in [0.1, 0.15) is 36.8 Å². The van der Waals surface area contributed by atoms with Crippen molar-refractivity contribution in [2.45, 2.75) is 43.8 Å². The first-order valence-electron chi connectivity index (χ1n) is 6.73. The maximum absolute atomic E-state index is 9.08. The van der Waals surface area contributed by atoms with E-state index < -0.39 is 0 Å². The second-order valence-corrected chi connectivity index (χ2v) is 5.33. The van der Waals surface area contributed by atoms with E-state index in [4.69, 9.17) is 14.6 Å². The molecule has 3 heteroatoms. The quantitative estimate of drug-likeness (QED) is 0.889. The van der Waals surface area contributed by atoms with Gasteiger partial charge in [-0.2, -0.15) is 0 Å². The molecule has 0 amide bonds. The Morgan fingerprint density at radius 2 is 2.39 bits per heavy atom. The lowest BCUT2D eigenvalue weighted by Gasteiger charge is -2.36. The summed E-state index contributed by atoms with van der Waals surface area (Å²) in [5, 5.41) is 9.08. The van der Waals surface area contributed by atoms with Gasteiger partial charge in [-0.15, -0.1) is 0 Å². The third-order valence-corrected chi connectivity index (χ3v) is 4.25. The third-order valence-electron chi connectivity index (χ3n) is 4.25. The molecule has 0 spiro atoms. The van der Waals surface area contributed by atoms with Crippen LogP contribution in [0.5, 0.6) is 5.75 Å². The van der Waals surface area contributed by atoms with Crippen molar-refractivity contribution in [3.8, 4) is 5.75 Å². The zero-order chi connectivity index (χ0) is 12.6. The SMILES string of the molecule is COc1ccc2c(c1)C[C@H]1CC[C@]2(CCCO)O1. The van der Waals surface area contributed by atoms with E-state index in [2.05, 4.69) is 12.1 Å². The monoisotopic (exact) mass is 248 g/mol. The summed E-state index contributed by atoms with van der Waals surface area (Å²) in [4.78, 5) is 0. The van der Waals surface area contributed by atoms with Crippen molar-refractivity contribution >= 4 is 0 Å². The molecule has 2 heterocycles. The molecule has 2 atom stereocenters. The van der Waals surface area contributed by atoms with Gasteiger partial charge in [-0.1, -0.05) is 6.07 Å². The second kappa shape index (κ2) is 4.56. The Kier molecular flexibility index (Phi) is 3.04. The zero-order valence-corrected chi connectivity index (χ0v) is 10.8. The maximum Gasteiger partial charge on any atom is 0.119 e. The molecule has 1 fully saturated rings. The van der Waals surface area contributed by atoms with Crippen LogP contribution in [0.4, 0.5) is 0 Å². The van der Waals surface area contributed by atoms with Crippen LogP contribution in [0, 0.1) is 0 Å². The lowest BCUT2D eigenvalue weighted by atomic mass is 9.83. The predicted octanol–water partition coefficient (Wildman–Crippen LogP) is 2.40. The summed E-state index contributed by atoms with van der Waals surface area (Å²) in [6, 6.07) is 6.30. The number of hydrogen-bond acceptors (Lipinski definition) is 3. The molecule has 18 heavy (non-hydrogen) atoms.